The van der Waals surface area contributed by atoms with Crippen LogP contribution < -0.4 is 5.32 Å². The van der Waals surface area contributed by atoms with Gasteiger partial charge >= 0.3 is 0 Å². The van der Waals surface area contributed by atoms with Crippen LogP contribution in [0.25, 0.3) is 0 Å². The number of hydrogen-bond acceptors (Lipinski definition) is 2. The minimum Gasteiger partial charge on any atom is -0.313 e. The van der Waals surface area contributed by atoms with E-state index in [1.165, 1.54) is 44.3 Å². The molecule has 1 N–H and O–H groups in total. The third-order valence-electron chi connectivity index (χ3n) is 5.61. The zero-order chi connectivity index (χ0) is 13.9. The molecule has 1 aromatic rings. The van der Waals surface area contributed by atoms with Crippen molar-refractivity contribution >= 4 is 11.6 Å². The van der Waals surface area contributed by atoms with Gasteiger partial charge in [-0.15, -0.1) is 0 Å². The van der Waals surface area contributed by atoms with Crippen LogP contribution in [0.2, 0.25) is 5.02 Å². The second kappa shape index (κ2) is 4.48. The Morgan fingerprint density at radius 1 is 1.35 bits per heavy atom. The second-order valence-electron chi connectivity index (χ2n) is 7.47. The van der Waals surface area contributed by atoms with Gasteiger partial charge in [-0.05, 0) is 62.7 Å². The number of aromatic nitrogens is 2. The molecule has 0 bridgehead atoms. The molecule has 3 aliphatic carbocycles. The molecule has 2 atom stereocenters. The van der Waals surface area contributed by atoms with Gasteiger partial charge in [-0.1, -0.05) is 11.6 Å². The van der Waals surface area contributed by atoms with Gasteiger partial charge in [0, 0.05) is 19.6 Å². The molecule has 0 radical (unpaired) electrons. The highest BCUT2D eigenvalue weighted by molar-refractivity contribution is 6.31. The fourth-order valence-electron chi connectivity index (χ4n) is 4.23. The van der Waals surface area contributed by atoms with E-state index in [1.807, 2.05) is 18.7 Å². The molecule has 4 heteroatoms. The van der Waals surface area contributed by atoms with Gasteiger partial charge in [0.25, 0.3) is 0 Å². The van der Waals surface area contributed by atoms with Crippen LogP contribution in [0.15, 0.2) is 0 Å². The van der Waals surface area contributed by atoms with Crippen LogP contribution in [0, 0.1) is 24.2 Å². The predicted octanol–water partition coefficient (Wildman–Crippen LogP) is 3.09. The first-order valence-corrected chi connectivity index (χ1v) is 8.35. The van der Waals surface area contributed by atoms with Crippen LogP contribution in [-0.2, 0) is 13.5 Å². The second-order valence-corrected chi connectivity index (χ2v) is 7.84. The molecule has 20 heavy (non-hydrogen) atoms. The highest BCUT2D eigenvalue weighted by Gasteiger charge is 2.54. The average Bonchev–Trinajstić information content (AvgIpc) is 3.32. The van der Waals surface area contributed by atoms with Crippen LogP contribution >= 0.6 is 11.6 Å². The van der Waals surface area contributed by atoms with Crippen molar-refractivity contribution in [2.75, 3.05) is 6.54 Å². The zero-order valence-corrected chi connectivity index (χ0v) is 13.2. The molecule has 0 saturated heterocycles. The Morgan fingerprint density at radius 2 is 2.05 bits per heavy atom. The van der Waals surface area contributed by atoms with Gasteiger partial charge < -0.3 is 5.32 Å². The summed E-state index contributed by atoms with van der Waals surface area (Å²) in [4.78, 5) is 0. The van der Waals surface area contributed by atoms with Crippen molar-refractivity contribution in [2.45, 2.75) is 51.5 Å². The quantitative estimate of drug-likeness (QED) is 0.904. The van der Waals surface area contributed by atoms with Crippen molar-refractivity contribution in [3.63, 3.8) is 0 Å². The fraction of sp³-hybridized carbons (Fsp3) is 0.812. The first-order chi connectivity index (χ1) is 9.56. The maximum atomic E-state index is 6.47. The summed E-state index contributed by atoms with van der Waals surface area (Å²) in [7, 11) is 2.03. The summed E-state index contributed by atoms with van der Waals surface area (Å²) < 4.78 is 2.00. The molecule has 1 aromatic heterocycles. The summed E-state index contributed by atoms with van der Waals surface area (Å²) in [5.41, 5.74) is 2.64. The number of fused-ring (bicyclic) bond motifs is 1. The van der Waals surface area contributed by atoms with E-state index in [2.05, 4.69) is 10.4 Å². The third-order valence-corrected chi connectivity index (χ3v) is 6.10. The molecular formula is C16H24ClN3. The number of nitrogens with zero attached hydrogens (tertiary/aromatic N) is 2. The summed E-state index contributed by atoms with van der Waals surface area (Å²) in [5, 5.41) is 9.15. The predicted molar refractivity (Wildman–Crippen MR) is 80.9 cm³/mol. The molecule has 4 rings (SSSR count). The Hall–Kier alpha value is -0.540. The smallest absolute Gasteiger partial charge is 0.0847 e. The van der Waals surface area contributed by atoms with Gasteiger partial charge in [0.15, 0.2) is 0 Å². The van der Waals surface area contributed by atoms with Gasteiger partial charge in [-0.2, -0.15) is 5.10 Å². The highest BCUT2D eigenvalue weighted by atomic mass is 35.5. The maximum absolute atomic E-state index is 6.47. The van der Waals surface area contributed by atoms with Crippen molar-refractivity contribution in [1.29, 1.82) is 0 Å². The third kappa shape index (κ3) is 2.29. The molecule has 1 heterocycles. The summed E-state index contributed by atoms with van der Waals surface area (Å²) in [6.45, 7) is 3.18. The molecule has 0 spiro atoms. The monoisotopic (exact) mass is 293 g/mol. The summed E-state index contributed by atoms with van der Waals surface area (Å²) in [5.74, 6) is 2.01. The Morgan fingerprint density at radius 3 is 2.60 bits per heavy atom. The lowest BCUT2D eigenvalue weighted by molar-refractivity contribution is 0.242. The van der Waals surface area contributed by atoms with Gasteiger partial charge in [0.2, 0.25) is 0 Å². The first kappa shape index (κ1) is 13.1. The van der Waals surface area contributed by atoms with E-state index >= 15 is 0 Å². The fourth-order valence-corrected chi connectivity index (χ4v) is 4.46. The Bertz CT molecular complexity index is 522. The van der Waals surface area contributed by atoms with Gasteiger partial charge in [-0.25, -0.2) is 0 Å². The molecule has 0 amide bonds. The molecule has 110 valence electrons. The molecule has 3 fully saturated rings. The van der Waals surface area contributed by atoms with E-state index < -0.39 is 0 Å². The van der Waals surface area contributed by atoms with Crippen molar-refractivity contribution in [2.24, 2.45) is 24.3 Å². The standard InChI is InChI=1S/C16H24ClN3/c1-10-15(17)14(20(2)19-10)8-16(9-18-13-3-4-13)6-11-5-12(11)7-16/h11-13,18H,3-9H2,1-2H3. The Balaban J connectivity index is 1.55. The van der Waals surface area contributed by atoms with E-state index in [4.69, 9.17) is 11.6 Å². The van der Waals surface area contributed by atoms with E-state index in [9.17, 15) is 0 Å². The number of rotatable bonds is 5. The summed E-state index contributed by atoms with van der Waals surface area (Å²) >= 11 is 6.47. The number of hydrogen-bond donors (Lipinski definition) is 1. The number of aryl methyl sites for hydroxylation is 2. The first-order valence-electron chi connectivity index (χ1n) is 7.98. The van der Waals surface area contributed by atoms with Crippen molar-refractivity contribution in [1.82, 2.24) is 15.1 Å². The van der Waals surface area contributed by atoms with E-state index in [1.54, 1.807) is 0 Å². The van der Waals surface area contributed by atoms with Crippen LogP contribution in [-0.4, -0.2) is 22.4 Å². The molecule has 0 aliphatic heterocycles. The van der Waals surface area contributed by atoms with E-state index in [-0.39, 0.29) is 0 Å². The minimum absolute atomic E-state index is 0.431. The topological polar surface area (TPSA) is 29.9 Å². The summed E-state index contributed by atoms with van der Waals surface area (Å²) in [6, 6.07) is 0.799. The average molecular weight is 294 g/mol. The molecule has 3 aliphatic rings. The van der Waals surface area contributed by atoms with Crippen LogP contribution in [0.3, 0.4) is 0 Å². The normalized spacial score (nSPS) is 35.4. The van der Waals surface area contributed by atoms with E-state index in [0.29, 0.717) is 5.41 Å². The van der Waals surface area contributed by atoms with Crippen molar-refractivity contribution in [3.8, 4) is 0 Å². The SMILES string of the molecule is Cc1nn(C)c(CC2(CNC3CC3)CC3CC3C2)c1Cl. The molecule has 3 saturated carbocycles. The highest BCUT2D eigenvalue weighted by Crippen LogP contribution is 2.61. The Labute approximate surface area is 126 Å². The van der Waals surface area contributed by atoms with Crippen LogP contribution in [0.1, 0.15) is 43.5 Å². The van der Waals surface area contributed by atoms with Crippen LogP contribution in [0.5, 0.6) is 0 Å². The van der Waals surface area contributed by atoms with Gasteiger partial charge in [-0.3, -0.25) is 4.68 Å². The van der Waals surface area contributed by atoms with Crippen molar-refractivity contribution < 1.29 is 0 Å². The zero-order valence-electron chi connectivity index (χ0n) is 12.5. The number of nitrogens with one attached hydrogen (secondary N) is 1. The maximum Gasteiger partial charge on any atom is 0.0847 e. The number of halogens is 1. The molecule has 2 unspecified atom stereocenters. The van der Waals surface area contributed by atoms with Gasteiger partial charge in [0.1, 0.15) is 0 Å². The lowest BCUT2D eigenvalue weighted by Crippen LogP contribution is -2.36. The minimum atomic E-state index is 0.431. The molecular weight excluding hydrogens is 270 g/mol. The van der Waals surface area contributed by atoms with Gasteiger partial charge in [0.05, 0.1) is 16.4 Å². The largest absolute Gasteiger partial charge is 0.313 e. The molecule has 3 nitrogen and oxygen atoms in total. The lowest BCUT2D eigenvalue weighted by atomic mass is 9.78. The van der Waals surface area contributed by atoms with E-state index in [0.717, 1.165) is 35.0 Å². The summed E-state index contributed by atoms with van der Waals surface area (Å²) in [6.07, 6.45) is 8.08. The van der Waals surface area contributed by atoms with Crippen LogP contribution in [0.4, 0.5) is 0 Å². The molecule has 0 aromatic carbocycles. The lowest BCUT2D eigenvalue weighted by Gasteiger charge is -2.31. The Kier molecular flexibility index (Phi) is 2.94. The van der Waals surface area contributed by atoms with Crippen molar-refractivity contribution in [3.05, 3.63) is 16.4 Å².